The number of aromatic nitrogens is 3. The first kappa shape index (κ1) is 11.6. The van der Waals surface area contributed by atoms with Crippen LogP contribution >= 0.6 is 0 Å². The van der Waals surface area contributed by atoms with Gasteiger partial charge in [0.25, 0.3) is 5.89 Å². The zero-order chi connectivity index (χ0) is 13.4. The SMILES string of the molecule is c1cc2cc(-c3nc(C4CCNCC4)no3)oc2cn1. The molecule has 3 aromatic heterocycles. The van der Waals surface area contributed by atoms with E-state index in [1.54, 1.807) is 12.4 Å². The van der Waals surface area contributed by atoms with Crippen LogP contribution in [0.3, 0.4) is 0 Å². The Kier molecular flexibility index (Phi) is 2.74. The maximum atomic E-state index is 5.68. The van der Waals surface area contributed by atoms with Gasteiger partial charge in [-0.25, -0.2) is 0 Å². The highest BCUT2D eigenvalue weighted by atomic mass is 16.5. The molecule has 0 radical (unpaired) electrons. The van der Waals surface area contributed by atoms with E-state index >= 15 is 0 Å². The summed E-state index contributed by atoms with van der Waals surface area (Å²) in [6.45, 7) is 2.01. The summed E-state index contributed by atoms with van der Waals surface area (Å²) in [5.74, 6) is 2.19. The minimum atomic E-state index is 0.375. The average molecular weight is 270 g/mol. The Bertz CT molecular complexity index is 694. The average Bonchev–Trinajstić information content (AvgIpc) is 3.14. The van der Waals surface area contributed by atoms with Gasteiger partial charge in [0.05, 0.1) is 6.20 Å². The Balaban J connectivity index is 1.66. The summed E-state index contributed by atoms with van der Waals surface area (Å²) in [6.07, 6.45) is 5.50. The molecule has 1 aliphatic heterocycles. The van der Waals surface area contributed by atoms with Gasteiger partial charge in [-0.1, -0.05) is 5.16 Å². The first-order chi connectivity index (χ1) is 9.90. The highest BCUT2D eigenvalue weighted by Crippen LogP contribution is 2.28. The summed E-state index contributed by atoms with van der Waals surface area (Å²) in [4.78, 5) is 8.51. The predicted molar refractivity (Wildman–Crippen MR) is 72.1 cm³/mol. The number of pyridine rings is 1. The van der Waals surface area contributed by atoms with Gasteiger partial charge in [-0.2, -0.15) is 4.98 Å². The van der Waals surface area contributed by atoms with E-state index in [9.17, 15) is 0 Å². The Morgan fingerprint density at radius 2 is 2.15 bits per heavy atom. The largest absolute Gasteiger partial charge is 0.449 e. The molecule has 1 saturated heterocycles. The summed E-state index contributed by atoms with van der Waals surface area (Å²) in [5.41, 5.74) is 0.726. The van der Waals surface area contributed by atoms with Crippen LogP contribution in [0.4, 0.5) is 0 Å². The van der Waals surface area contributed by atoms with Crippen LogP contribution in [0.2, 0.25) is 0 Å². The van der Waals surface area contributed by atoms with Crippen molar-refractivity contribution in [2.45, 2.75) is 18.8 Å². The molecule has 4 heterocycles. The summed E-state index contributed by atoms with van der Waals surface area (Å²) in [6, 6.07) is 3.79. The van der Waals surface area contributed by atoms with Gasteiger partial charge in [0.1, 0.15) is 0 Å². The van der Waals surface area contributed by atoms with Crippen molar-refractivity contribution < 1.29 is 8.94 Å². The molecule has 0 spiro atoms. The lowest BCUT2D eigenvalue weighted by Gasteiger charge is -2.18. The van der Waals surface area contributed by atoms with Crippen LogP contribution in [0.15, 0.2) is 33.5 Å². The van der Waals surface area contributed by atoms with Gasteiger partial charge in [0.2, 0.25) is 0 Å². The van der Waals surface area contributed by atoms with Crippen molar-refractivity contribution in [3.05, 3.63) is 30.4 Å². The topological polar surface area (TPSA) is 77.0 Å². The van der Waals surface area contributed by atoms with Crippen LogP contribution < -0.4 is 5.32 Å². The molecular formula is C14H14N4O2. The van der Waals surface area contributed by atoms with Gasteiger partial charge in [-0.05, 0) is 38.1 Å². The van der Waals surface area contributed by atoms with Gasteiger partial charge in [0, 0.05) is 17.5 Å². The van der Waals surface area contributed by atoms with Gasteiger partial charge in [-0.3, -0.25) is 4.98 Å². The third kappa shape index (κ3) is 1.98. The standard InChI is InChI=1S/C14H14N4O2/c1-4-15-5-2-9(1)13-17-14(20-18-13)11-7-10-3-6-16-8-12(10)19-11/h3,6-9,15H,1-2,4-5H2. The molecule has 1 aliphatic rings. The first-order valence-electron chi connectivity index (χ1n) is 6.78. The minimum absolute atomic E-state index is 0.375. The van der Waals surface area contributed by atoms with E-state index in [1.807, 2.05) is 12.1 Å². The van der Waals surface area contributed by atoms with Crippen molar-refractivity contribution in [3.63, 3.8) is 0 Å². The second kappa shape index (κ2) is 4.72. The summed E-state index contributed by atoms with van der Waals surface area (Å²) in [5, 5.41) is 8.41. The Morgan fingerprint density at radius 3 is 3.00 bits per heavy atom. The molecule has 20 heavy (non-hydrogen) atoms. The van der Waals surface area contributed by atoms with E-state index in [4.69, 9.17) is 8.94 Å². The van der Waals surface area contributed by atoms with Crippen molar-refractivity contribution in [2.75, 3.05) is 13.1 Å². The van der Waals surface area contributed by atoms with E-state index in [1.165, 1.54) is 0 Å². The lowest BCUT2D eigenvalue weighted by molar-refractivity contribution is 0.387. The number of hydrogen-bond donors (Lipinski definition) is 1. The molecule has 6 nitrogen and oxygen atoms in total. The maximum absolute atomic E-state index is 5.68. The lowest BCUT2D eigenvalue weighted by Crippen LogP contribution is -2.27. The van der Waals surface area contributed by atoms with Gasteiger partial charge in [0.15, 0.2) is 17.2 Å². The van der Waals surface area contributed by atoms with Crippen LogP contribution in [-0.4, -0.2) is 28.2 Å². The summed E-state index contributed by atoms with van der Waals surface area (Å²) < 4.78 is 11.0. The highest BCUT2D eigenvalue weighted by molar-refractivity contribution is 5.80. The molecule has 102 valence electrons. The van der Waals surface area contributed by atoms with Crippen molar-refractivity contribution in [3.8, 4) is 11.7 Å². The normalized spacial score (nSPS) is 16.8. The predicted octanol–water partition coefficient (Wildman–Crippen LogP) is 2.34. The number of furan rings is 1. The monoisotopic (exact) mass is 270 g/mol. The Hall–Kier alpha value is -2.21. The third-order valence-corrected chi connectivity index (χ3v) is 3.68. The summed E-state index contributed by atoms with van der Waals surface area (Å²) in [7, 11) is 0. The second-order valence-electron chi connectivity index (χ2n) is 5.01. The first-order valence-corrected chi connectivity index (χ1v) is 6.78. The van der Waals surface area contributed by atoms with Crippen LogP contribution in [-0.2, 0) is 0 Å². The number of nitrogens with zero attached hydrogens (tertiary/aromatic N) is 3. The number of piperidine rings is 1. The zero-order valence-electron chi connectivity index (χ0n) is 10.9. The molecule has 0 unspecified atom stereocenters. The zero-order valence-corrected chi connectivity index (χ0v) is 10.9. The fourth-order valence-corrected chi connectivity index (χ4v) is 2.57. The van der Waals surface area contributed by atoms with Crippen molar-refractivity contribution in [1.29, 1.82) is 0 Å². The third-order valence-electron chi connectivity index (χ3n) is 3.68. The summed E-state index contributed by atoms with van der Waals surface area (Å²) >= 11 is 0. The molecule has 0 saturated carbocycles. The fraction of sp³-hybridized carbons (Fsp3) is 0.357. The highest BCUT2D eigenvalue weighted by Gasteiger charge is 2.22. The van der Waals surface area contributed by atoms with E-state index < -0.39 is 0 Å². The second-order valence-corrected chi connectivity index (χ2v) is 5.01. The molecule has 0 amide bonds. The van der Waals surface area contributed by atoms with E-state index in [2.05, 4.69) is 20.4 Å². The van der Waals surface area contributed by atoms with E-state index in [0.29, 0.717) is 17.6 Å². The van der Waals surface area contributed by atoms with Crippen LogP contribution in [0, 0.1) is 0 Å². The number of nitrogens with one attached hydrogen (secondary N) is 1. The van der Waals surface area contributed by atoms with Gasteiger partial charge in [-0.15, -0.1) is 0 Å². The van der Waals surface area contributed by atoms with Crippen LogP contribution in [0.25, 0.3) is 22.6 Å². The quantitative estimate of drug-likeness (QED) is 0.770. The van der Waals surface area contributed by atoms with Crippen molar-refractivity contribution in [1.82, 2.24) is 20.4 Å². The lowest BCUT2D eigenvalue weighted by atomic mass is 9.98. The van der Waals surface area contributed by atoms with Crippen molar-refractivity contribution >= 4 is 11.0 Å². The molecule has 0 aromatic carbocycles. The molecule has 0 atom stereocenters. The number of hydrogen-bond acceptors (Lipinski definition) is 6. The molecule has 6 heteroatoms. The molecule has 3 aromatic rings. The minimum Gasteiger partial charge on any atom is -0.449 e. The number of fused-ring (bicyclic) bond motifs is 1. The van der Waals surface area contributed by atoms with Gasteiger partial charge >= 0.3 is 0 Å². The van der Waals surface area contributed by atoms with Crippen LogP contribution in [0.5, 0.6) is 0 Å². The maximum Gasteiger partial charge on any atom is 0.293 e. The molecule has 4 rings (SSSR count). The molecule has 1 fully saturated rings. The van der Waals surface area contributed by atoms with Crippen molar-refractivity contribution in [2.24, 2.45) is 0 Å². The van der Waals surface area contributed by atoms with E-state index in [-0.39, 0.29) is 0 Å². The Morgan fingerprint density at radius 1 is 1.25 bits per heavy atom. The molecular weight excluding hydrogens is 256 g/mol. The smallest absolute Gasteiger partial charge is 0.293 e. The van der Waals surface area contributed by atoms with Gasteiger partial charge < -0.3 is 14.3 Å². The van der Waals surface area contributed by atoms with E-state index in [0.717, 1.165) is 42.7 Å². The van der Waals surface area contributed by atoms with Crippen LogP contribution in [0.1, 0.15) is 24.6 Å². The Labute approximate surface area is 115 Å². The molecule has 0 aliphatic carbocycles. The fourth-order valence-electron chi connectivity index (χ4n) is 2.57. The molecule has 1 N–H and O–H groups in total. The number of rotatable bonds is 2. The molecule has 0 bridgehead atoms.